The summed E-state index contributed by atoms with van der Waals surface area (Å²) in [6.07, 6.45) is -1.02. The van der Waals surface area contributed by atoms with Crippen LogP contribution in [0.3, 0.4) is 0 Å². The normalized spacial score (nSPS) is 14.1. The molecule has 8 nitrogen and oxygen atoms in total. The number of benzene rings is 4. The van der Waals surface area contributed by atoms with Crippen LogP contribution in [0.4, 0.5) is 26.7 Å². The van der Waals surface area contributed by atoms with Crippen molar-refractivity contribution in [2.75, 3.05) is 22.6 Å². The lowest BCUT2D eigenvalue weighted by molar-refractivity contribution is 0.0624. The number of hydrogen-bond acceptors (Lipinski definition) is 6. The van der Waals surface area contributed by atoms with Crippen molar-refractivity contribution >= 4 is 29.2 Å². The van der Waals surface area contributed by atoms with Crippen LogP contribution in [-0.2, 0) is 16.1 Å². The molecule has 2 N–H and O–H groups in total. The Hall–Kier alpha value is -4.98. The van der Waals surface area contributed by atoms with E-state index in [-0.39, 0.29) is 6.04 Å². The van der Waals surface area contributed by atoms with Crippen molar-refractivity contribution in [3.63, 3.8) is 0 Å². The molecule has 0 aromatic heterocycles. The first-order valence-electron chi connectivity index (χ1n) is 15.0. The first-order chi connectivity index (χ1) is 21.3. The Labute approximate surface area is 265 Å². The maximum atomic E-state index is 12.6. The molecule has 0 saturated heterocycles. The van der Waals surface area contributed by atoms with Gasteiger partial charge in [0.15, 0.2) is 0 Å². The van der Waals surface area contributed by atoms with Crippen molar-refractivity contribution in [3.8, 4) is 16.9 Å². The average Bonchev–Trinajstić information content (AvgIpc) is 2.95. The van der Waals surface area contributed by atoms with E-state index in [0.717, 1.165) is 39.3 Å². The molecule has 2 amide bonds. The highest BCUT2D eigenvalue weighted by Gasteiger charge is 2.31. The van der Waals surface area contributed by atoms with E-state index in [0.29, 0.717) is 18.0 Å². The highest BCUT2D eigenvalue weighted by molar-refractivity contribution is 5.93. The molecule has 1 atom stereocenters. The molecule has 0 fully saturated rings. The first kappa shape index (κ1) is 31.4. The number of fused-ring (bicyclic) bond motifs is 3. The summed E-state index contributed by atoms with van der Waals surface area (Å²) < 4.78 is 17.0. The largest absolute Gasteiger partial charge is 0.489 e. The minimum absolute atomic E-state index is 0.201. The number of nitrogens with one attached hydrogen (secondary N) is 2. The van der Waals surface area contributed by atoms with Crippen LogP contribution >= 0.6 is 0 Å². The second kappa shape index (κ2) is 12.6. The van der Waals surface area contributed by atoms with Crippen molar-refractivity contribution in [1.82, 2.24) is 0 Å². The topological polar surface area (TPSA) is 89.1 Å². The van der Waals surface area contributed by atoms with Crippen molar-refractivity contribution in [1.29, 1.82) is 0 Å². The Bertz CT molecular complexity index is 1670. The Morgan fingerprint density at radius 3 is 1.84 bits per heavy atom. The summed E-state index contributed by atoms with van der Waals surface area (Å²) in [7, 11) is 2.03. The SMILES string of the molecule is CN1c2cc(NC(=O)OC(C)(C)C)ccc2-c2ccc(NC(=O)OC(C)(C)C)cc2C1c1ccc(OCc2ccccc2)cc1. The van der Waals surface area contributed by atoms with Gasteiger partial charge in [-0.2, -0.15) is 0 Å². The van der Waals surface area contributed by atoms with Gasteiger partial charge in [-0.05, 0) is 100 Å². The predicted molar refractivity (Wildman–Crippen MR) is 179 cm³/mol. The van der Waals surface area contributed by atoms with Gasteiger partial charge >= 0.3 is 12.2 Å². The first-order valence-corrected chi connectivity index (χ1v) is 15.0. The van der Waals surface area contributed by atoms with Gasteiger partial charge in [-0.25, -0.2) is 9.59 Å². The van der Waals surface area contributed by atoms with Gasteiger partial charge in [-0.3, -0.25) is 10.6 Å². The minimum Gasteiger partial charge on any atom is -0.489 e. The van der Waals surface area contributed by atoms with Crippen LogP contribution in [0.5, 0.6) is 5.75 Å². The third-order valence-electron chi connectivity index (χ3n) is 7.14. The quantitative estimate of drug-likeness (QED) is 0.227. The van der Waals surface area contributed by atoms with Gasteiger partial charge in [0, 0.05) is 29.7 Å². The molecule has 1 aliphatic heterocycles. The van der Waals surface area contributed by atoms with Crippen LogP contribution in [-0.4, -0.2) is 30.4 Å². The molecule has 1 unspecified atom stereocenters. The molecule has 0 radical (unpaired) electrons. The molecule has 45 heavy (non-hydrogen) atoms. The molecule has 8 heteroatoms. The summed E-state index contributed by atoms with van der Waals surface area (Å²) in [5, 5.41) is 5.76. The number of anilines is 3. The van der Waals surface area contributed by atoms with E-state index < -0.39 is 23.4 Å². The maximum Gasteiger partial charge on any atom is 0.412 e. The Balaban J connectivity index is 1.49. The molecule has 0 bridgehead atoms. The van der Waals surface area contributed by atoms with E-state index in [1.807, 2.05) is 127 Å². The molecule has 0 aliphatic carbocycles. The van der Waals surface area contributed by atoms with Crippen LogP contribution in [0.1, 0.15) is 64.3 Å². The fourth-order valence-corrected chi connectivity index (χ4v) is 5.32. The van der Waals surface area contributed by atoms with Gasteiger partial charge in [0.25, 0.3) is 0 Å². The second-order valence-corrected chi connectivity index (χ2v) is 13.1. The summed E-state index contributed by atoms with van der Waals surface area (Å²) in [6, 6.07) is 29.6. The minimum atomic E-state index is -0.616. The highest BCUT2D eigenvalue weighted by Crippen LogP contribution is 2.48. The van der Waals surface area contributed by atoms with Crippen LogP contribution in [0.2, 0.25) is 0 Å². The molecule has 0 spiro atoms. The van der Waals surface area contributed by atoms with Gasteiger partial charge in [-0.15, -0.1) is 0 Å². The van der Waals surface area contributed by atoms with Crippen LogP contribution in [0.25, 0.3) is 11.1 Å². The van der Waals surface area contributed by atoms with Crippen LogP contribution in [0.15, 0.2) is 91.0 Å². The lowest BCUT2D eigenvalue weighted by atomic mass is 9.84. The average molecular weight is 608 g/mol. The van der Waals surface area contributed by atoms with E-state index in [1.54, 1.807) is 0 Å². The number of ether oxygens (including phenoxy) is 3. The molecular formula is C37H41N3O5. The van der Waals surface area contributed by atoms with E-state index >= 15 is 0 Å². The van der Waals surface area contributed by atoms with Gasteiger partial charge in [0.2, 0.25) is 0 Å². The molecule has 4 aromatic carbocycles. The van der Waals surface area contributed by atoms with Crippen molar-refractivity contribution in [3.05, 3.63) is 108 Å². The number of rotatable bonds is 6. The fourth-order valence-electron chi connectivity index (χ4n) is 5.32. The van der Waals surface area contributed by atoms with Crippen LogP contribution < -0.4 is 20.3 Å². The fraction of sp³-hybridized carbons (Fsp3) is 0.297. The van der Waals surface area contributed by atoms with E-state index in [4.69, 9.17) is 14.2 Å². The lowest BCUT2D eigenvalue weighted by Gasteiger charge is -2.38. The second-order valence-electron chi connectivity index (χ2n) is 13.1. The molecule has 5 rings (SSSR count). The molecule has 1 heterocycles. The van der Waals surface area contributed by atoms with Gasteiger partial charge in [0.05, 0.1) is 6.04 Å². The molecular weight excluding hydrogens is 566 g/mol. The monoisotopic (exact) mass is 607 g/mol. The third-order valence-corrected chi connectivity index (χ3v) is 7.14. The Morgan fingerprint density at radius 1 is 0.711 bits per heavy atom. The van der Waals surface area contributed by atoms with Gasteiger partial charge in [-0.1, -0.05) is 54.6 Å². The van der Waals surface area contributed by atoms with E-state index in [2.05, 4.69) is 27.7 Å². The Kier molecular flexibility index (Phi) is 8.77. The summed E-state index contributed by atoms with van der Waals surface area (Å²) >= 11 is 0. The summed E-state index contributed by atoms with van der Waals surface area (Å²) in [4.78, 5) is 27.3. The molecule has 0 saturated carbocycles. The van der Waals surface area contributed by atoms with E-state index in [1.165, 1.54) is 0 Å². The Morgan fingerprint density at radius 2 is 1.27 bits per heavy atom. The number of carbonyl (C=O) groups excluding carboxylic acids is 2. The number of hydrogen-bond donors (Lipinski definition) is 2. The standard InChI is InChI=1S/C37H41N3O5/c1-36(2,3)44-34(41)38-26-15-19-29-30-20-16-27(39-35(42)45-37(4,5)6)22-32(30)40(7)33(31(29)21-26)25-13-17-28(18-14-25)43-23-24-11-9-8-10-12-24/h8-22,33H,23H2,1-7H3,(H,38,41)(H,39,42). The number of carbonyl (C=O) groups is 2. The lowest BCUT2D eigenvalue weighted by Crippen LogP contribution is -2.30. The smallest absolute Gasteiger partial charge is 0.412 e. The van der Waals surface area contributed by atoms with Gasteiger partial charge in [0.1, 0.15) is 23.6 Å². The highest BCUT2D eigenvalue weighted by atomic mass is 16.6. The zero-order valence-corrected chi connectivity index (χ0v) is 26.9. The maximum absolute atomic E-state index is 12.6. The van der Waals surface area contributed by atoms with Crippen molar-refractivity contribution < 1.29 is 23.8 Å². The zero-order valence-electron chi connectivity index (χ0n) is 26.9. The summed E-state index contributed by atoms with van der Waals surface area (Å²) in [6.45, 7) is 11.5. The van der Waals surface area contributed by atoms with E-state index in [9.17, 15) is 9.59 Å². The number of nitrogens with zero attached hydrogens (tertiary/aromatic N) is 1. The number of amides is 2. The predicted octanol–water partition coefficient (Wildman–Crippen LogP) is 9.17. The van der Waals surface area contributed by atoms with Gasteiger partial charge < -0.3 is 19.1 Å². The summed E-state index contributed by atoms with van der Waals surface area (Å²) in [5.74, 6) is 0.769. The van der Waals surface area contributed by atoms with Crippen molar-refractivity contribution in [2.24, 2.45) is 0 Å². The molecule has 1 aliphatic rings. The summed E-state index contributed by atoms with van der Waals surface area (Å²) in [5.41, 5.74) is 6.16. The zero-order chi connectivity index (χ0) is 32.4. The van der Waals surface area contributed by atoms with Crippen molar-refractivity contribution in [2.45, 2.75) is 65.4 Å². The molecule has 234 valence electrons. The molecule has 4 aromatic rings. The van der Waals surface area contributed by atoms with Crippen LogP contribution in [0, 0.1) is 0 Å². The third kappa shape index (κ3) is 7.95.